The number of amides is 3. The van der Waals surface area contributed by atoms with E-state index in [1.54, 1.807) is 18.2 Å². The van der Waals surface area contributed by atoms with Crippen molar-refractivity contribution in [2.75, 3.05) is 5.32 Å². The first-order valence-corrected chi connectivity index (χ1v) is 9.96. The average molecular weight is 455 g/mol. The molecule has 0 aliphatic heterocycles. The van der Waals surface area contributed by atoms with Gasteiger partial charge in [0, 0.05) is 22.8 Å². The number of pyridine rings is 1. The van der Waals surface area contributed by atoms with Crippen LogP contribution in [0.1, 0.15) is 18.5 Å². The van der Waals surface area contributed by atoms with Gasteiger partial charge in [-0.2, -0.15) is 0 Å². The number of halogens is 1. The lowest BCUT2D eigenvalue weighted by Crippen LogP contribution is -2.44. The van der Waals surface area contributed by atoms with Crippen molar-refractivity contribution >= 4 is 34.5 Å². The van der Waals surface area contributed by atoms with Gasteiger partial charge < -0.3 is 31.0 Å². The molecular formula is C22H22FN5O5. The van der Waals surface area contributed by atoms with Crippen molar-refractivity contribution in [2.24, 2.45) is 5.73 Å². The summed E-state index contributed by atoms with van der Waals surface area (Å²) in [4.78, 5) is 50.3. The zero-order chi connectivity index (χ0) is 24.0. The number of nitrogens with two attached hydrogens (primary N) is 1. The highest BCUT2D eigenvalue weighted by Gasteiger charge is 2.21. The number of carboxylic acid groups (broad SMARTS) is 1. The van der Waals surface area contributed by atoms with Crippen molar-refractivity contribution in [1.29, 1.82) is 0 Å². The van der Waals surface area contributed by atoms with Gasteiger partial charge in [-0.25, -0.2) is 9.18 Å². The molecule has 0 unspecified atom stereocenters. The Labute approximate surface area is 186 Å². The fraction of sp³-hybridized carbons (Fsp3) is 0.182. The van der Waals surface area contributed by atoms with Crippen LogP contribution in [-0.2, 0) is 16.1 Å². The van der Waals surface area contributed by atoms with E-state index in [2.05, 4.69) is 15.6 Å². The normalized spacial score (nSPS) is 12.0. The number of primary amides is 1. The van der Waals surface area contributed by atoms with Crippen LogP contribution in [0.4, 0.5) is 14.9 Å². The minimum Gasteiger partial charge on any atom is -0.465 e. The summed E-state index contributed by atoms with van der Waals surface area (Å²) >= 11 is 0. The number of carbonyl (C=O) groups excluding carboxylic acids is 2. The maximum atomic E-state index is 13.4. The number of nitrogens with zero attached hydrogens (tertiary/aromatic N) is 1. The first kappa shape index (κ1) is 23.3. The number of fused-ring (bicyclic) bond motifs is 1. The fourth-order valence-corrected chi connectivity index (χ4v) is 3.29. The van der Waals surface area contributed by atoms with Crippen LogP contribution in [0.15, 0.2) is 59.5 Å². The van der Waals surface area contributed by atoms with E-state index in [0.717, 1.165) is 11.6 Å². The summed E-state index contributed by atoms with van der Waals surface area (Å²) < 4.78 is 14.8. The molecule has 0 fully saturated rings. The number of aromatic nitrogens is 2. The second-order valence-electron chi connectivity index (χ2n) is 7.25. The van der Waals surface area contributed by atoms with Crippen molar-refractivity contribution < 1.29 is 23.9 Å². The third kappa shape index (κ3) is 6.29. The number of aromatic amines is 1. The molecule has 3 rings (SSSR count). The monoisotopic (exact) mass is 455 g/mol. The zero-order valence-electron chi connectivity index (χ0n) is 17.4. The zero-order valence-corrected chi connectivity index (χ0v) is 17.4. The van der Waals surface area contributed by atoms with Gasteiger partial charge in [0.25, 0.3) is 5.56 Å². The molecular weight excluding hydrogens is 433 g/mol. The number of anilines is 1. The Balaban J connectivity index is 1.74. The first-order chi connectivity index (χ1) is 15.7. The van der Waals surface area contributed by atoms with Crippen LogP contribution in [0.3, 0.4) is 0 Å². The summed E-state index contributed by atoms with van der Waals surface area (Å²) in [6.45, 7) is 0.146. The predicted octanol–water partition coefficient (Wildman–Crippen LogP) is 1.91. The molecule has 0 saturated heterocycles. The lowest BCUT2D eigenvalue weighted by Gasteiger charge is -2.16. The van der Waals surface area contributed by atoms with E-state index in [0.29, 0.717) is 11.1 Å². The van der Waals surface area contributed by atoms with Gasteiger partial charge in [0.1, 0.15) is 17.5 Å². The largest absolute Gasteiger partial charge is 0.465 e. The number of benzene rings is 1. The van der Waals surface area contributed by atoms with Gasteiger partial charge in [-0.1, -0.05) is 6.08 Å². The Morgan fingerprint density at radius 2 is 2.03 bits per heavy atom. The lowest BCUT2D eigenvalue weighted by molar-refractivity contribution is -0.118. The minimum atomic E-state index is -1.41. The van der Waals surface area contributed by atoms with E-state index in [1.165, 1.54) is 35.0 Å². The topological polar surface area (TPSA) is 159 Å². The number of nitrogens with one attached hydrogen (secondary N) is 3. The lowest BCUT2D eigenvalue weighted by atomic mass is 10.1. The Hall–Kier alpha value is -4.41. The van der Waals surface area contributed by atoms with Crippen LogP contribution in [0.5, 0.6) is 0 Å². The van der Waals surface area contributed by atoms with E-state index in [4.69, 9.17) is 10.8 Å². The first-order valence-electron chi connectivity index (χ1n) is 9.96. The molecule has 0 aliphatic rings. The van der Waals surface area contributed by atoms with Gasteiger partial charge in [0.2, 0.25) is 11.8 Å². The molecule has 0 radical (unpaired) electrons. The van der Waals surface area contributed by atoms with Gasteiger partial charge in [-0.3, -0.25) is 14.4 Å². The number of hydrogen-bond donors (Lipinski definition) is 5. The molecule has 0 bridgehead atoms. The van der Waals surface area contributed by atoms with Crippen LogP contribution >= 0.6 is 0 Å². The summed E-state index contributed by atoms with van der Waals surface area (Å²) in [5, 5.41) is 14.2. The Bertz CT molecular complexity index is 1280. The smallest absolute Gasteiger partial charge is 0.405 e. The van der Waals surface area contributed by atoms with Crippen LogP contribution in [0, 0.1) is 5.82 Å². The maximum Gasteiger partial charge on any atom is 0.405 e. The van der Waals surface area contributed by atoms with E-state index < -0.39 is 29.5 Å². The molecule has 3 amide bonds. The van der Waals surface area contributed by atoms with E-state index in [1.807, 2.05) is 0 Å². The quantitative estimate of drug-likeness (QED) is 0.311. The van der Waals surface area contributed by atoms with E-state index >= 15 is 0 Å². The van der Waals surface area contributed by atoms with Gasteiger partial charge in [0.05, 0.1) is 6.54 Å². The van der Waals surface area contributed by atoms with Crippen LogP contribution < -0.4 is 21.9 Å². The van der Waals surface area contributed by atoms with Crippen molar-refractivity contribution in [3.05, 3.63) is 76.6 Å². The molecule has 0 aliphatic carbocycles. The second kappa shape index (κ2) is 10.3. The molecule has 33 heavy (non-hydrogen) atoms. The number of hydrogen-bond acceptors (Lipinski definition) is 4. The van der Waals surface area contributed by atoms with Gasteiger partial charge >= 0.3 is 6.09 Å². The molecule has 3 aromatic rings. The number of rotatable bonds is 9. The van der Waals surface area contributed by atoms with Crippen molar-refractivity contribution in [3.63, 3.8) is 0 Å². The van der Waals surface area contributed by atoms with Crippen LogP contribution in [0.2, 0.25) is 0 Å². The molecule has 2 heterocycles. The molecule has 1 atom stereocenters. The molecule has 2 aromatic heterocycles. The van der Waals surface area contributed by atoms with Gasteiger partial charge in [0.15, 0.2) is 0 Å². The summed E-state index contributed by atoms with van der Waals surface area (Å²) in [5.41, 5.74) is 5.84. The van der Waals surface area contributed by atoms with Gasteiger partial charge in [-0.05, 0) is 55.3 Å². The van der Waals surface area contributed by atoms with Crippen molar-refractivity contribution in [3.8, 4) is 0 Å². The highest BCUT2D eigenvalue weighted by molar-refractivity contribution is 5.96. The van der Waals surface area contributed by atoms with E-state index in [9.17, 15) is 23.6 Å². The standard InChI is InChI=1S/C22H22FN5O5/c23-14-7-8-16-13(10-14)11-15(25-16)12-28-9-3-5-18(21(28)31)26-20(30)17(27-22(32)33)4-1-2-6-19(24)29/h2-3,5-11,17,25,27H,1,4,12H2,(H2,24,29)(H,26,30)(H,32,33)/b6-2+/t17-/m0/s1. The number of carbonyl (C=O) groups is 3. The van der Waals surface area contributed by atoms with Crippen LogP contribution in [0.25, 0.3) is 10.9 Å². The Morgan fingerprint density at radius 1 is 1.24 bits per heavy atom. The Kier molecular flexibility index (Phi) is 7.24. The minimum absolute atomic E-state index is 0.0328. The maximum absolute atomic E-state index is 13.4. The highest BCUT2D eigenvalue weighted by atomic mass is 19.1. The molecule has 1 aromatic carbocycles. The third-order valence-corrected chi connectivity index (χ3v) is 4.78. The molecule has 0 spiro atoms. The van der Waals surface area contributed by atoms with E-state index in [-0.39, 0.29) is 30.9 Å². The van der Waals surface area contributed by atoms with Crippen molar-refractivity contribution in [2.45, 2.75) is 25.4 Å². The predicted molar refractivity (Wildman–Crippen MR) is 119 cm³/mol. The molecule has 0 saturated carbocycles. The Morgan fingerprint density at radius 3 is 2.76 bits per heavy atom. The molecule has 172 valence electrons. The summed E-state index contributed by atoms with van der Waals surface area (Å²) in [6, 6.07) is 7.84. The number of H-pyrrole nitrogens is 1. The molecule has 10 nitrogen and oxygen atoms in total. The summed E-state index contributed by atoms with van der Waals surface area (Å²) in [7, 11) is 0. The van der Waals surface area contributed by atoms with Crippen molar-refractivity contribution in [1.82, 2.24) is 14.9 Å². The fourth-order valence-electron chi connectivity index (χ4n) is 3.29. The average Bonchev–Trinajstić information content (AvgIpc) is 3.14. The second-order valence-corrected chi connectivity index (χ2v) is 7.25. The number of allylic oxidation sites excluding steroid dienone is 1. The van der Waals surface area contributed by atoms with Gasteiger partial charge in [-0.15, -0.1) is 0 Å². The summed E-state index contributed by atoms with van der Waals surface area (Å²) in [6.07, 6.45) is 2.93. The van der Waals surface area contributed by atoms with Crippen LogP contribution in [-0.4, -0.2) is 38.6 Å². The molecule has 11 heteroatoms. The highest BCUT2D eigenvalue weighted by Crippen LogP contribution is 2.17. The molecule has 6 N–H and O–H groups in total. The SMILES string of the molecule is NC(=O)/C=C/CC[C@H](NC(=O)O)C(=O)Nc1cccn(Cc2cc3cc(F)ccc3[nH]2)c1=O. The third-order valence-electron chi connectivity index (χ3n) is 4.78. The summed E-state index contributed by atoms with van der Waals surface area (Å²) in [5.74, 6) is -1.75.